The van der Waals surface area contributed by atoms with E-state index in [1.165, 1.54) is 0 Å². The van der Waals surface area contributed by atoms with Crippen molar-refractivity contribution >= 4 is 29.9 Å². The van der Waals surface area contributed by atoms with Gasteiger partial charge >= 0.3 is 0 Å². The lowest BCUT2D eigenvalue weighted by Gasteiger charge is -2.16. The Bertz CT molecular complexity index is 466. The van der Waals surface area contributed by atoms with Crippen molar-refractivity contribution in [2.24, 2.45) is 4.99 Å². The Kier molecular flexibility index (Phi) is 8.26. The Hall–Kier alpha value is -1.18. The minimum atomic E-state index is 0. The molecule has 0 atom stereocenters. The highest BCUT2D eigenvalue weighted by atomic mass is 127. The van der Waals surface area contributed by atoms with Gasteiger partial charge in [-0.1, -0.05) is 13.0 Å². The Labute approximate surface area is 143 Å². The number of halogens is 1. The second-order valence-corrected chi connectivity index (χ2v) is 4.70. The number of nitrogens with one attached hydrogen (secondary N) is 2. The van der Waals surface area contributed by atoms with Crippen LogP contribution in [-0.4, -0.2) is 32.8 Å². The summed E-state index contributed by atoms with van der Waals surface area (Å²) in [7, 11) is 1.66. The fraction of sp³-hybridized carbons (Fsp3) is 0.533. The molecule has 0 radical (unpaired) electrons. The van der Waals surface area contributed by atoms with Gasteiger partial charge in [-0.15, -0.1) is 24.0 Å². The van der Waals surface area contributed by atoms with Gasteiger partial charge in [-0.25, -0.2) is 0 Å². The van der Waals surface area contributed by atoms with E-state index in [1.54, 1.807) is 7.11 Å². The molecule has 21 heavy (non-hydrogen) atoms. The lowest BCUT2D eigenvalue weighted by molar-refractivity contribution is 0.294. The summed E-state index contributed by atoms with van der Waals surface area (Å²) < 4.78 is 11.0. The SMILES string of the molecule is CCCOc1ccc(CNC2=NCCCN2)cc1OC.I. The third-order valence-corrected chi connectivity index (χ3v) is 3.05. The average molecular weight is 405 g/mol. The van der Waals surface area contributed by atoms with Crippen molar-refractivity contribution in [3.05, 3.63) is 23.8 Å². The van der Waals surface area contributed by atoms with Gasteiger partial charge in [-0.2, -0.15) is 0 Å². The number of methoxy groups -OCH3 is 1. The summed E-state index contributed by atoms with van der Waals surface area (Å²) in [5, 5.41) is 6.53. The van der Waals surface area contributed by atoms with Crippen molar-refractivity contribution in [1.29, 1.82) is 0 Å². The van der Waals surface area contributed by atoms with Crippen LogP contribution in [-0.2, 0) is 6.54 Å². The first-order valence-corrected chi connectivity index (χ1v) is 7.15. The van der Waals surface area contributed by atoms with Crippen molar-refractivity contribution in [2.45, 2.75) is 26.3 Å². The summed E-state index contributed by atoms with van der Waals surface area (Å²) in [4.78, 5) is 4.38. The monoisotopic (exact) mass is 405 g/mol. The Balaban J connectivity index is 0.00000220. The normalized spacial score (nSPS) is 13.5. The lowest BCUT2D eigenvalue weighted by atomic mass is 10.2. The molecule has 0 saturated carbocycles. The zero-order chi connectivity index (χ0) is 14.2. The molecular formula is C15H24IN3O2. The van der Waals surface area contributed by atoms with E-state index >= 15 is 0 Å². The molecule has 0 fully saturated rings. The number of hydrogen-bond acceptors (Lipinski definition) is 5. The summed E-state index contributed by atoms with van der Waals surface area (Å²) in [5.41, 5.74) is 1.14. The molecule has 0 bridgehead atoms. The molecule has 1 aliphatic rings. The van der Waals surface area contributed by atoms with Crippen molar-refractivity contribution in [3.8, 4) is 11.5 Å². The van der Waals surface area contributed by atoms with Crippen LogP contribution in [0.25, 0.3) is 0 Å². The van der Waals surface area contributed by atoms with Gasteiger partial charge < -0.3 is 20.1 Å². The van der Waals surface area contributed by atoms with E-state index < -0.39 is 0 Å². The third-order valence-electron chi connectivity index (χ3n) is 3.05. The van der Waals surface area contributed by atoms with Crippen molar-refractivity contribution in [3.63, 3.8) is 0 Å². The Morgan fingerprint density at radius 2 is 2.19 bits per heavy atom. The number of rotatable bonds is 6. The zero-order valence-corrected chi connectivity index (χ0v) is 15.0. The van der Waals surface area contributed by atoms with E-state index in [1.807, 2.05) is 18.2 Å². The second-order valence-electron chi connectivity index (χ2n) is 4.70. The molecule has 0 saturated heterocycles. The molecule has 1 aromatic carbocycles. The van der Waals surface area contributed by atoms with E-state index in [2.05, 4.69) is 22.5 Å². The van der Waals surface area contributed by atoms with E-state index in [4.69, 9.17) is 9.47 Å². The molecule has 0 unspecified atom stereocenters. The predicted molar refractivity (Wildman–Crippen MR) is 96.0 cm³/mol. The summed E-state index contributed by atoms with van der Waals surface area (Å²) >= 11 is 0. The molecule has 0 aliphatic carbocycles. The average Bonchev–Trinajstić information content (AvgIpc) is 2.52. The fourth-order valence-corrected chi connectivity index (χ4v) is 1.99. The van der Waals surface area contributed by atoms with E-state index in [-0.39, 0.29) is 24.0 Å². The van der Waals surface area contributed by atoms with Crippen LogP contribution in [0.5, 0.6) is 11.5 Å². The molecule has 6 heteroatoms. The maximum atomic E-state index is 5.65. The van der Waals surface area contributed by atoms with Gasteiger partial charge in [-0.3, -0.25) is 4.99 Å². The van der Waals surface area contributed by atoms with Gasteiger partial charge in [-0.05, 0) is 30.5 Å². The molecular weight excluding hydrogens is 381 g/mol. The highest BCUT2D eigenvalue weighted by molar-refractivity contribution is 14.0. The van der Waals surface area contributed by atoms with Gasteiger partial charge in [0, 0.05) is 19.6 Å². The van der Waals surface area contributed by atoms with Gasteiger partial charge in [0.1, 0.15) is 0 Å². The fourth-order valence-electron chi connectivity index (χ4n) is 1.99. The molecule has 2 rings (SSSR count). The van der Waals surface area contributed by atoms with Crippen LogP contribution < -0.4 is 20.1 Å². The minimum Gasteiger partial charge on any atom is -0.493 e. The molecule has 1 aromatic rings. The molecule has 1 heterocycles. The van der Waals surface area contributed by atoms with Crippen LogP contribution in [0.4, 0.5) is 0 Å². The van der Waals surface area contributed by atoms with Gasteiger partial charge in [0.15, 0.2) is 17.5 Å². The molecule has 0 spiro atoms. The largest absolute Gasteiger partial charge is 0.493 e. The highest BCUT2D eigenvalue weighted by Gasteiger charge is 2.07. The third kappa shape index (κ3) is 5.61. The maximum Gasteiger partial charge on any atom is 0.191 e. The minimum absolute atomic E-state index is 0. The lowest BCUT2D eigenvalue weighted by Crippen LogP contribution is -2.40. The smallest absolute Gasteiger partial charge is 0.191 e. The molecule has 118 valence electrons. The van der Waals surface area contributed by atoms with E-state index in [0.717, 1.165) is 55.5 Å². The first-order chi connectivity index (χ1) is 9.83. The molecule has 2 N–H and O–H groups in total. The van der Waals surface area contributed by atoms with Crippen molar-refractivity contribution in [1.82, 2.24) is 10.6 Å². The van der Waals surface area contributed by atoms with Gasteiger partial charge in [0.05, 0.1) is 13.7 Å². The van der Waals surface area contributed by atoms with Crippen LogP contribution in [0.2, 0.25) is 0 Å². The van der Waals surface area contributed by atoms with Crippen molar-refractivity contribution < 1.29 is 9.47 Å². The molecule has 1 aliphatic heterocycles. The second kappa shape index (κ2) is 9.70. The standard InChI is InChI=1S/C15H23N3O2.HI/c1-3-9-20-13-6-5-12(10-14(13)19-2)11-18-15-16-7-4-8-17-15;/h5-6,10H,3-4,7-9,11H2,1-2H3,(H2,16,17,18);1H. The first kappa shape index (κ1) is 17.9. The summed E-state index contributed by atoms with van der Waals surface area (Å²) in [6.07, 6.45) is 2.08. The number of benzene rings is 1. The van der Waals surface area contributed by atoms with Crippen LogP contribution in [0, 0.1) is 0 Å². The van der Waals surface area contributed by atoms with Crippen LogP contribution in [0.1, 0.15) is 25.3 Å². The molecule has 0 aromatic heterocycles. The molecule has 0 amide bonds. The van der Waals surface area contributed by atoms with Gasteiger partial charge in [0.25, 0.3) is 0 Å². The van der Waals surface area contributed by atoms with Crippen LogP contribution >= 0.6 is 24.0 Å². The summed E-state index contributed by atoms with van der Waals surface area (Å²) in [6, 6.07) is 6.01. The zero-order valence-electron chi connectivity index (χ0n) is 12.6. The Morgan fingerprint density at radius 1 is 1.33 bits per heavy atom. The van der Waals surface area contributed by atoms with Crippen molar-refractivity contribution in [2.75, 3.05) is 26.8 Å². The van der Waals surface area contributed by atoms with Gasteiger partial charge in [0.2, 0.25) is 0 Å². The quantitative estimate of drug-likeness (QED) is 0.715. The van der Waals surface area contributed by atoms with E-state index in [9.17, 15) is 0 Å². The summed E-state index contributed by atoms with van der Waals surface area (Å²) in [6.45, 7) is 5.38. The number of nitrogens with zero attached hydrogens (tertiary/aromatic N) is 1. The maximum absolute atomic E-state index is 5.65. The van der Waals surface area contributed by atoms with E-state index in [0.29, 0.717) is 6.61 Å². The highest BCUT2D eigenvalue weighted by Crippen LogP contribution is 2.28. The topological polar surface area (TPSA) is 54.9 Å². The Morgan fingerprint density at radius 3 is 2.86 bits per heavy atom. The number of ether oxygens (including phenoxy) is 2. The number of hydrogen-bond donors (Lipinski definition) is 2. The first-order valence-electron chi connectivity index (χ1n) is 7.15. The summed E-state index contributed by atoms with van der Waals surface area (Å²) in [5.74, 6) is 2.45. The number of guanidine groups is 1. The van der Waals surface area contributed by atoms with Crippen LogP contribution in [0.15, 0.2) is 23.2 Å². The molecule has 5 nitrogen and oxygen atoms in total. The predicted octanol–water partition coefficient (Wildman–Crippen LogP) is 2.54. The number of aliphatic imine (C=N–C) groups is 1. The van der Waals surface area contributed by atoms with Crippen LogP contribution in [0.3, 0.4) is 0 Å².